The van der Waals surface area contributed by atoms with Crippen molar-refractivity contribution in [3.63, 3.8) is 0 Å². The molecule has 106 valence electrons. The molecule has 2 N–H and O–H groups in total. The standard InChI is InChI=1S/C15H14Cl3NO/c1-9(19)6-10-4-2-3-5-14(10)20-15-8-12(17)11(16)7-13(15)18/h2-5,7-9H,6,19H2,1H3. The smallest absolute Gasteiger partial charge is 0.147 e. The number of nitrogens with two attached hydrogens (primary N) is 1. The van der Waals surface area contributed by atoms with Gasteiger partial charge in [-0.05, 0) is 31.0 Å². The van der Waals surface area contributed by atoms with Crippen molar-refractivity contribution in [3.8, 4) is 11.5 Å². The Morgan fingerprint density at radius 3 is 2.35 bits per heavy atom. The van der Waals surface area contributed by atoms with Crippen LogP contribution in [0, 0.1) is 0 Å². The maximum atomic E-state index is 6.12. The Morgan fingerprint density at radius 1 is 1.00 bits per heavy atom. The SMILES string of the molecule is CC(N)Cc1ccccc1Oc1cc(Cl)c(Cl)cc1Cl. The van der Waals surface area contributed by atoms with Crippen molar-refractivity contribution >= 4 is 34.8 Å². The van der Waals surface area contributed by atoms with Crippen LogP contribution in [0.3, 0.4) is 0 Å². The third-order valence-corrected chi connectivity index (χ3v) is 3.73. The summed E-state index contributed by atoms with van der Waals surface area (Å²) in [6, 6.07) is 10.9. The highest BCUT2D eigenvalue weighted by atomic mass is 35.5. The zero-order chi connectivity index (χ0) is 14.7. The van der Waals surface area contributed by atoms with Gasteiger partial charge in [-0.15, -0.1) is 0 Å². The first-order chi connectivity index (χ1) is 9.47. The Kier molecular flexibility index (Phi) is 5.17. The summed E-state index contributed by atoms with van der Waals surface area (Å²) in [6.45, 7) is 1.95. The number of hydrogen-bond donors (Lipinski definition) is 1. The highest BCUT2D eigenvalue weighted by Gasteiger charge is 2.11. The third kappa shape index (κ3) is 3.80. The lowest BCUT2D eigenvalue weighted by molar-refractivity contribution is 0.474. The van der Waals surface area contributed by atoms with Crippen LogP contribution in [0.5, 0.6) is 11.5 Å². The fourth-order valence-corrected chi connectivity index (χ4v) is 2.40. The van der Waals surface area contributed by atoms with E-state index in [1.807, 2.05) is 31.2 Å². The highest BCUT2D eigenvalue weighted by Crippen LogP contribution is 2.37. The van der Waals surface area contributed by atoms with Crippen molar-refractivity contribution < 1.29 is 4.74 Å². The monoisotopic (exact) mass is 329 g/mol. The number of benzene rings is 2. The average Bonchev–Trinajstić information content (AvgIpc) is 2.37. The summed E-state index contributed by atoms with van der Waals surface area (Å²) >= 11 is 18.0. The third-order valence-electron chi connectivity index (χ3n) is 2.71. The van der Waals surface area contributed by atoms with Crippen LogP contribution in [-0.4, -0.2) is 6.04 Å². The molecular formula is C15H14Cl3NO. The van der Waals surface area contributed by atoms with Gasteiger partial charge in [-0.3, -0.25) is 0 Å². The summed E-state index contributed by atoms with van der Waals surface area (Å²) in [5, 5.41) is 1.21. The second-order valence-electron chi connectivity index (χ2n) is 4.59. The van der Waals surface area contributed by atoms with Gasteiger partial charge in [0.25, 0.3) is 0 Å². The molecule has 0 saturated carbocycles. The predicted octanol–water partition coefficient (Wildman–Crippen LogP) is 5.33. The molecule has 0 bridgehead atoms. The predicted molar refractivity (Wildman–Crippen MR) is 85.3 cm³/mol. The van der Waals surface area contributed by atoms with Crippen LogP contribution >= 0.6 is 34.8 Å². The first-order valence-corrected chi connectivity index (χ1v) is 7.26. The molecule has 1 atom stereocenters. The van der Waals surface area contributed by atoms with Gasteiger partial charge in [-0.1, -0.05) is 53.0 Å². The molecule has 0 aliphatic rings. The van der Waals surface area contributed by atoms with Crippen molar-refractivity contribution in [1.29, 1.82) is 0 Å². The lowest BCUT2D eigenvalue weighted by atomic mass is 10.1. The summed E-state index contributed by atoms with van der Waals surface area (Å²) < 4.78 is 5.85. The van der Waals surface area contributed by atoms with Crippen LogP contribution in [-0.2, 0) is 6.42 Å². The van der Waals surface area contributed by atoms with E-state index in [1.54, 1.807) is 12.1 Å². The molecule has 0 saturated heterocycles. The lowest BCUT2D eigenvalue weighted by Crippen LogP contribution is -2.18. The van der Waals surface area contributed by atoms with E-state index in [-0.39, 0.29) is 6.04 Å². The van der Waals surface area contributed by atoms with E-state index < -0.39 is 0 Å². The molecule has 0 fully saturated rings. The van der Waals surface area contributed by atoms with E-state index in [0.717, 1.165) is 12.0 Å². The zero-order valence-corrected chi connectivity index (χ0v) is 13.1. The van der Waals surface area contributed by atoms with Crippen LogP contribution in [0.1, 0.15) is 12.5 Å². The zero-order valence-electron chi connectivity index (χ0n) is 10.9. The van der Waals surface area contributed by atoms with Crippen molar-refractivity contribution in [2.24, 2.45) is 5.73 Å². The van der Waals surface area contributed by atoms with E-state index in [9.17, 15) is 0 Å². The first kappa shape index (κ1) is 15.5. The topological polar surface area (TPSA) is 35.2 Å². The van der Waals surface area contributed by atoms with E-state index in [1.165, 1.54) is 0 Å². The Bertz CT molecular complexity index is 614. The van der Waals surface area contributed by atoms with Crippen molar-refractivity contribution in [1.82, 2.24) is 0 Å². The molecule has 2 aromatic carbocycles. The molecular weight excluding hydrogens is 317 g/mol. The van der Waals surface area contributed by atoms with E-state index in [2.05, 4.69) is 0 Å². The van der Waals surface area contributed by atoms with Gasteiger partial charge in [0, 0.05) is 12.1 Å². The number of para-hydroxylation sites is 1. The Hall–Kier alpha value is -0.930. The molecule has 0 radical (unpaired) electrons. The van der Waals surface area contributed by atoms with Gasteiger partial charge >= 0.3 is 0 Å². The quantitative estimate of drug-likeness (QED) is 0.769. The van der Waals surface area contributed by atoms with E-state index >= 15 is 0 Å². The fourth-order valence-electron chi connectivity index (χ4n) is 1.82. The minimum absolute atomic E-state index is 0.0454. The lowest BCUT2D eigenvalue weighted by Gasteiger charge is -2.14. The summed E-state index contributed by atoms with van der Waals surface area (Å²) in [7, 11) is 0. The molecule has 5 heteroatoms. The van der Waals surface area contributed by atoms with Gasteiger partial charge in [-0.25, -0.2) is 0 Å². The molecule has 0 spiro atoms. The van der Waals surface area contributed by atoms with Crippen LogP contribution in [0.2, 0.25) is 15.1 Å². The molecule has 0 aliphatic heterocycles. The van der Waals surface area contributed by atoms with Crippen molar-refractivity contribution in [2.45, 2.75) is 19.4 Å². The summed E-state index contributed by atoms with van der Waals surface area (Å²) in [5.41, 5.74) is 6.86. The van der Waals surface area contributed by atoms with Crippen LogP contribution in [0.4, 0.5) is 0 Å². The second kappa shape index (κ2) is 6.68. The first-order valence-electron chi connectivity index (χ1n) is 6.13. The largest absolute Gasteiger partial charge is 0.455 e. The minimum Gasteiger partial charge on any atom is -0.455 e. The maximum absolute atomic E-state index is 6.12. The average molecular weight is 331 g/mol. The van der Waals surface area contributed by atoms with E-state index in [4.69, 9.17) is 45.3 Å². The molecule has 2 rings (SSSR count). The summed E-state index contributed by atoms with van der Waals surface area (Å²) in [6.07, 6.45) is 0.717. The second-order valence-corrected chi connectivity index (χ2v) is 5.81. The Balaban J connectivity index is 2.33. The number of hydrogen-bond acceptors (Lipinski definition) is 2. The molecule has 20 heavy (non-hydrogen) atoms. The molecule has 0 amide bonds. The molecule has 0 heterocycles. The van der Waals surface area contributed by atoms with Crippen molar-refractivity contribution in [3.05, 3.63) is 57.0 Å². The van der Waals surface area contributed by atoms with Crippen LogP contribution in [0.15, 0.2) is 36.4 Å². The van der Waals surface area contributed by atoms with Gasteiger partial charge < -0.3 is 10.5 Å². The Morgan fingerprint density at radius 2 is 1.65 bits per heavy atom. The Labute approximate surface area is 133 Å². The van der Waals surface area contributed by atoms with Gasteiger partial charge in [-0.2, -0.15) is 0 Å². The van der Waals surface area contributed by atoms with Crippen molar-refractivity contribution in [2.75, 3.05) is 0 Å². The normalized spacial score (nSPS) is 12.2. The van der Waals surface area contributed by atoms with Gasteiger partial charge in [0.1, 0.15) is 11.5 Å². The highest BCUT2D eigenvalue weighted by molar-refractivity contribution is 6.43. The fraction of sp³-hybridized carbons (Fsp3) is 0.200. The van der Waals surface area contributed by atoms with Crippen LogP contribution < -0.4 is 10.5 Å². The molecule has 2 aromatic rings. The molecule has 0 aliphatic carbocycles. The molecule has 2 nitrogen and oxygen atoms in total. The minimum atomic E-state index is 0.0454. The molecule has 1 unspecified atom stereocenters. The molecule has 0 aromatic heterocycles. The van der Waals surface area contributed by atoms with Gasteiger partial charge in [0.05, 0.1) is 15.1 Å². The van der Waals surface area contributed by atoms with Gasteiger partial charge in [0.15, 0.2) is 0 Å². The van der Waals surface area contributed by atoms with Crippen LogP contribution in [0.25, 0.3) is 0 Å². The maximum Gasteiger partial charge on any atom is 0.147 e. The summed E-state index contributed by atoms with van der Waals surface area (Å²) in [4.78, 5) is 0. The van der Waals surface area contributed by atoms with Gasteiger partial charge in [0.2, 0.25) is 0 Å². The van der Waals surface area contributed by atoms with E-state index in [0.29, 0.717) is 26.6 Å². The number of ether oxygens (including phenoxy) is 1. The summed E-state index contributed by atoms with van der Waals surface area (Å²) in [5.74, 6) is 1.18. The number of rotatable bonds is 4. The number of halogens is 3.